The van der Waals surface area contributed by atoms with Crippen LogP contribution in [0, 0.1) is 5.92 Å². The van der Waals surface area contributed by atoms with Crippen LogP contribution in [0.25, 0.3) is 0 Å². The molecule has 1 saturated heterocycles. The largest absolute Gasteiger partial charge is 0.416 e. The normalized spacial score (nSPS) is 23.5. The van der Waals surface area contributed by atoms with E-state index >= 15 is 0 Å². The van der Waals surface area contributed by atoms with Gasteiger partial charge in [-0.3, -0.25) is 0 Å². The van der Waals surface area contributed by atoms with Crippen LogP contribution >= 0.6 is 0 Å². The Kier molecular flexibility index (Phi) is 6.45. The lowest BCUT2D eigenvalue weighted by atomic mass is 9.88. The molecule has 0 bridgehead atoms. The Labute approximate surface area is 169 Å². The molecule has 3 nitrogen and oxygen atoms in total. The van der Waals surface area contributed by atoms with Crippen LogP contribution in [0.1, 0.15) is 41.2 Å². The molecule has 0 unspecified atom stereocenters. The lowest BCUT2D eigenvalue weighted by Gasteiger charge is -2.26. The molecule has 2 aromatic rings. The van der Waals surface area contributed by atoms with E-state index in [1.54, 1.807) is 0 Å². The number of hydrogen-bond acceptors (Lipinski definition) is 3. The maximum absolute atomic E-state index is 13.1. The minimum atomic E-state index is -4.92. The summed E-state index contributed by atoms with van der Waals surface area (Å²) in [7, 11) is 0. The molecular weight excluding hydrogens is 412 g/mol. The van der Waals surface area contributed by atoms with Gasteiger partial charge in [-0.1, -0.05) is 30.3 Å². The molecule has 0 aromatic heterocycles. The van der Waals surface area contributed by atoms with Crippen molar-refractivity contribution in [3.8, 4) is 0 Å². The SMILES string of the molecule is C[C@@H](O[C@@H]1OC[C@H](CN)[C@H]1c1ccccc1)c1cc(C(F)(F)F)cc(C(F)(F)F)c1. The van der Waals surface area contributed by atoms with Gasteiger partial charge in [0.2, 0.25) is 0 Å². The van der Waals surface area contributed by atoms with Crippen LogP contribution in [0.3, 0.4) is 0 Å². The van der Waals surface area contributed by atoms with Gasteiger partial charge in [-0.05, 0) is 42.8 Å². The van der Waals surface area contributed by atoms with Crippen LogP contribution in [0.4, 0.5) is 26.3 Å². The average molecular weight is 433 g/mol. The summed E-state index contributed by atoms with van der Waals surface area (Å²) in [5.41, 5.74) is 3.70. The summed E-state index contributed by atoms with van der Waals surface area (Å²) in [6.07, 6.45) is -11.8. The second-order valence-electron chi connectivity index (χ2n) is 7.25. The molecule has 30 heavy (non-hydrogen) atoms. The highest BCUT2D eigenvalue weighted by molar-refractivity contribution is 5.34. The molecule has 0 radical (unpaired) electrons. The molecule has 2 N–H and O–H groups in total. The van der Waals surface area contributed by atoms with Crippen LogP contribution in [0.15, 0.2) is 48.5 Å². The third-order valence-electron chi connectivity index (χ3n) is 5.18. The molecule has 0 amide bonds. The number of nitrogens with two attached hydrogens (primary N) is 1. The maximum atomic E-state index is 13.1. The summed E-state index contributed by atoms with van der Waals surface area (Å²) in [5.74, 6) is -0.372. The van der Waals surface area contributed by atoms with Crippen molar-refractivity contribution in [1.82, 2.24) is 0 Å². The van der Waals surface area contributed by atoms with Gasteiger partial charge in [0.05, 0.1) is 23.8 Å². The summed E-state index contributed by atoms with van der Waals surface area (Å²) in [6, 6.07) is 10.6. The van der Waals surface area contributed by atoms with E-state index in [0.717, 1.165) is 5.56 Å². The van der Waals surface area contributed by atoms with Crippen molar-refractivity contribution >= 4 is 0 Å². The maximum Gasteiger partial charge on any atom is 0.416 e. The van der Waals surface area contributed by atoms with Gasteiger partial charge in [-0.15, -0.1) is 0 Å². The van der Waals surface area contributed by atoms with E-state index in [1.165, 1.54) is 6.92 Å². The Balaban J connectivity index is 1.90. The number of rotatable bonds is 5. The summed E-state index contributed by atoms with van der Waals surface area (Å²) in [5, 5.41) is 0. The average Bonchev–Trinajstić information content (AvgIpc) is 3.09. The topological polar surface area (TPSA) is 44.5 Å². The summed E-state index contributed by atoms with van der Waals surface area (Å²) in [6.45, 7) is 1.98. The zero-order valence-electron chi connectivity index (χ0n) is 16.0. The van der Waals surface area contributed by atoms with Gasteiger partial charge in [0, 0.05) is 11.8 Å². The van der Waals surface area contributed by atoms with E-state index < -0.39 is 35.9 Å². The van der Waals surface area contributed by atoms with Crippen molar-refractivity contribution in [2.75, 3.05) is 13.2 Å². The highest BCUT2D eigenvalue weighted by Crippen LogP contribution is 2.41. The van der Waals surface area contributed by atoms with Crippen LogP contribution in [-0.4, -0.2) is 19.4 Å². The van der Waals surface area contributed by atoms with Gasteiger partial charge in [0.1, 0.15) is 0 Å². The van der Waals surface area contributed by atoms with Crippen molar-refractivity contribution < 1.29 is 35.8 Å². The van der Waals surface area contributed by atoms with Crippen molar-refractivity contribution in [1.29, 1.82) is 0 Å². The zero-order chi connectivity index (χ0) is 22.1. The van der Waals surface area contributed by atoms with E-state index in [0.29, 0.717) is 18.7 Å². The monoisotopic (exact) mass is 433 g/mol. The third-order valence-corrected chi connectivity index (χ3v) is 5.18. The first kappa shape index (κ1) is 22.6. The molecule has 0 spiro atoms. The number of alkyl halides is 6. The second kappa shape index (κ2) is 8.56. The van der Waals surface area contributed by atoms with E-state index in [2.05, 4.69) is 0 Å². The third kappa shape index (κ3) is 4.96. The fourth-order valence-electron chi connectivity index (χ4n) is 3.58. The molecule has 0 saturated carbocycles. The van der Waals surface area contributed by atoms with E-state index in [9.17, 15) is 26.3 Å². The van der Waals surface area contributed by atoms with E-state index in [-0.39, 0.29) is 30.1 Å². The van der Waals surface area contributed by atoms with Crippen molar-refractivity contribution in [2.24, 2.45) is 11.7 Å². The number of halogens is 6. The predicted octanol–water partition coefficient (Wildman–Crippen LogP) is 5.52. The van der Waals surface area contributed by atoms with Crippen LogP contribution in [-0.2, 0) is 21.8 Å². The number of ether oxygens (including phenoxy) is 2. The van der Waals surface area contributed by atoms with Gasteiger partial charge in [0.15, 0.2) is 6.29 Å². The van der Waals surface area contributed by atoms with Gasteiger partial charge in [0.25, 0.3) is 0 Å². The Bertz CT molecular complexity index is 821. The molecule has 2 aromatic carbocycles. The number of benzene rings is 2. The van der Waals surface area contributed by atoms with Gasteiger partial charge in [-0.25, -0.2) is 0 Å². The Morgan fingerprint density at radius 1 is 1.00 bits per heavy atom. The molecular formula is C21H21F6NO2. The lowest BCUT2D eigenvalue weighted by molar-refractivity contribution is -0.150. The van der Waals surface area contributed by atoms with Crippen LogP contribution in [0.5, 0.6) is 0 Å². The number of hydrogen-bond donors (Lipinski definition) is 1. The molecule has 1 aliphatic rings. The van der Waals surface area contributed by atoms with Crippen LogP contribution in [0.2, 0.25) is 0 Å². The first-order valence-corrected chi connectivity index (χ1v) is 9.32. The highest BCUT2D eigenvalue weighted by atomic mass is 19.4. The van der Waals surface area contributed by atoms with Crippen LogP contribution < -0.4 is 5.73 Å². The predicted molar refractivity (Wildman–Crippen MR) is 97.4 cm³/mol. The summed E-state index contributed by atoms with van der Waals surface area (Å²) < 4.78 is 90.3. The van der Waals surface area contributed by atoms with Gasteiger partial charge >= 0.3 is 12.4 Å². The Hall–Kier alpha value is -2.10. The molecule has 9 heteroatoms. The van der Waals surface area contributed by atoms with Gasteiger partial charge < -0.3 is 15.2 Å². The molecule has 1 heterocycles. The summed E-state index contributed by atoms with van der Waals surface area (Å²) >= 11 is 0. The molecule has 3 rings (SSSR count). The van der Waals surface area contributed by atoms with E-state index in [1.807, 2.05) is 30.3 Å². The highest BCUT2D eigenvalue weighted by Gasteiger charge is 2.41. The first-order chi connectivity index (χ1) is 14.0. The second-order valence-corrected chi connectivity index (χ2v) is 7.25. The van der Waals surface area contributed by atoms with Crippen molar-refractivity contribution in [2.45, 2.75) is 37.6 Å². The molecule has 1 aliphatic heterocycles. The molecule has 1 fully saturated rings. The van der Waals surface area contributed by atoms with Crippen molar-refractivity contribution in [3.05, 3.63) is 70.8 Å². The minimum absolute atomic E-state index is 0.0863. The Morgan fingerprint density at radius 2 is 1.57 bits per heavy atom. The van der Waals surface area contributed by atoms with E-state index in [4.69, 9.17) is 15.2 Å². The Morgan fingerprint density at radius 3 is 2.07 bits per heavy atom. The molecule has 0 aliphatic carbocycles. The first-order valence-electron chi connectivity index (χ1n) is 9.32. The fourth-order valence-corrected chi connectivity index (χ4v) is 3.58. The minimum Gasteiger partial charge on any atom is -0.352 e. The molecule has 164 valence electrons. The zero-order valence-corrected chi connectivity index (χ0v) is 16.0. The lowest BCUT2D eigenvalue weighted by Crippen LogP contribution is -2.26. The standard InChI is InChI=1S/C21H21F6NO2/c1-12(14-7-16(20(22,23)24)9-17(8-14)21(25,26)27)30-19-18(15(10-28)11-29-19)13-5-3-2-4-6-13/h2-9,12,15,18-19H,10-11,28H2,1H3/t12-,15+,18-,19+/m1/s1. The molecule has 4 atom stereocenters. The van der Waals surface area contributed by atoms with Gasteiger partial charge in [-0.2, -0.15) is 26.3 Å². The smallest absolute Gasteiger partial charge is 0.352 e. The summed E-state index contributed by atoms with van der Waals surface area (Å²) in [4.78, 5) is 0. The fraction of sp³-hybridized carbons (Fsp3) is 0.429. The quantitative estimate of drug-likeness (QED) is 0.632. The van der Waals surface area contributed by atoms with Crippen molar-refractivity contribution in [3.63, 3.8) is 0 Å².